The molecule has 19 heavy (non-hydrogen) atoms. The van der Waals surface area contributed by atoms with Gasteiger partial charge in [-0.2, -0.15) is 0 Å². The lowest BCUT2D eigenvalue weighted by atomic mass is 10.0. The maximum absolute atomic E-state index is 13.7. The minimum absolute atomic E-state index is 0.0715. The number of hydrogen-bond donors (Lipinski definition) is 0. The van der Waals surface area contributed by atoms with Gasteiger partial charge in [0.25, 0.3) is 0 Å². The van der Waals surface area contributed by atoms with Crippen LogP contribution in [-0.2, 0) is 6.42 Å². The summed E-state index contributed by atoms with van der Waals surface area (Å²) in [4.78, 5) is 12.1. The summed E-state index contributed by atoms with van der Waals surface area (Å²) in [5.41, 5.74) is 0.749. The number of carbonyl (C=O) groups is 1. The predicted octanol–water partition coefficient (Wildman–Crippen LogP) is 5.43. The highest BCUT2D eigenvalue weighted by atomic mass is 79.9. The Balaban J connectivity index is 2.25. The Kier molecular flexibility index (Phi) is 4.76. The average molecular weight is 406 g/mol. The van der Waals surface area contributed by atoms with Crippen LogP contribution in [0.5, 0.6) is 0 Å². The van der Waals surface area contributed by atoms with E-state index in [1.165, 1.54) is 12.1 Å². The van der Waals surface area contributed by atoms with Crippen LogP contribution in [0.3, 0.4) is 0 Å². The molecular weight excluding hydrogens is 398 g/mol. The zero-order chi connectivity index (χ0) is 14.0. The third-order valence-corrected chi connectivity index (χ3v) is 3.94. The van der Waals surface area contributed by atoms with Crippen LogP contribution in [0.2, 0.25) is 5.02 Å². The highest BCUT2D eigenvalue weighted by Gasteiger charge is 2.14. The molecule has 1 nitrogen and oxygen atoms in total. The molecule has 0 amide bonds. The van der Waals surface area contributed by atoms with Gasteiger partial charge in [-0.3, -0.25) is 4.79 Å². The maximum Gasteiger partial charge on any atom is 0.170 e. The highest BCUT2D eigenvalue weighted by Crippen LogP contribution is 2.23. The van der Waals surface area contributed by atoms with Gasteiger partial charge in [0.15, 0.2) is 5.78 Å². The van der Waals surface area contributed by atoms with Gasteiger partial charge in [0, 0.05) is 20.4 Å². The van der Waals surface area contributed by atoms with Crippen molar-refractivity contribution in [3.05, 3.63) is 67.3 Å². The van der Waals surface area contributed by atoms with Crippen molar-refractivity contribution in [2.24, 2.45) is 0 Å². The molecule has 0 unspecified atom stereocenters. The lowest BCUT2D eigenvalue weighted by Gasteiger charge is -2.06. The normalized spacial score (nSPS) is 10.5. The Morgan fingerprint density at radius 1 is 1.11 bits per heavy atom. The van der Waals surface area contributed by atoms with Gasteiger partial charge < -0.3 is 0 Å². The van der Waals surface area contributed by atoms with Crippen molar-refractivity contribution in [2.75, 3.05) is 0 Å². The van der Waals surface area contributed by atoms with E-state index >= 15 is 0 Å². The molecule has 0 aliphatic carbocycles. The first kappa shape index (κ1) is 14.7. The van der Waals surface area contributed by atoms with Gasteiger partial charge in [-0.25, -0.2) is 4.39 Å². The van der Waals surface area contributed by atoms with Crippen molar-refractivity contribution in [1.29, 1.82) is 0 Å². The van der Waals surface area contributed by atoms with E-state index in [2.05, 4.69) is 31.9 Å². The van der Waals surface area contributed by atoms with Gasteiger partial charge in [-0.05, 0) is 35.9 Å². The summed E-state index contributed by atoms with van der Waals surface area (Å²) in [5, 5.41) is 0.486. The van der Waals surface area contributed by atoms with Gasteiger partial charge >= 0.3 is 0 Å². The Hall–Kier alpha value is -0.710. The molecule has 0 bridgehead atoms. The second-order valence-electron chi connectivity index (χ2n) is 3.96. The molecule has 0 heterocycles. The monoisotopic (exact) mass is 404 g/mol. The molecule has 0 spiro atoms. The van der Waals surface area contributed by atoms with Gasteiger partial charge in [-0.1, -0.05) is 49.5 Å². The number of ketones is 1. The first-order valence-electron chi connectivity index (χ1n) is 5.39. The zero-order valence-electron chi connectivity index (χ0n) is 9.59. The topological polar surface area (TPSA) is 17.1 Å². The summed E-state index contributed by atoms with van der Waals surface area (Å²) in [6, 6.07) is 9.64. The van der Waals surface area contributed by atoms with Crippen LogP contribution in [-0.4, -0.2) is 5.78 Å². The summed E-state index contributed by atoms with van der Waals surface area (Å²) in [7, 11) is 0. The van der Waals surface area contributed by atoms with E-state index in [0.29, 0.717) is 15.1 Å². The van der Waals surface area contributed by atoms with Crippen LogP contribution >= 0.6 is 43.5 Å². The Morgan fingerprint density at radius 3 is 2.37 bits per heavy atom. The van der Waals surface area contributed by atoms with Crippen molar-refractivity contribution in [2.45, 2.75) is 6.42 Å². The van der Waals surface area contributed by atoms with Crippen molar-refractivity contribution < 1.29 is 9.18 Å². The third kappa shape index (κ3) is 3.65. The molecule has 0 aliphatic heterocycles. The van der Waals surface area contributed by atoms with Gasteiger partial charge in [0.2, 0.25) is 0 Å². The van der Waals surface area contributed by atoms with Crippen molar-refractivity contribution in [3.63, 3.8) is 0 Å². The molecule has 0 aromatic heterocycles. The number of carbonyl (C=O) groups excluding carboxylic acids is 1. The van der Waals surface area contributed by atoms with Crippen LogP contribution < -0.4 is 0 Å². The second-order valence-corrected chi connectivity index (χ2v) is 6.20. The van der Waals surface area contributed by atoms with Crippen molar-refractivity contribution in [1.82, 2.24) is 0 Å². The molecule has 0 radical (unpaired) electrons. The molecule has 0 saturated carbocycles. The van der Waals surface area contributed by atoms with Crippen molar-refractivity contribution >= 4 is 49.2 Å². The summed E-state index contributed by atoms with van der Waals surface area (Å²) in [5.74, 6) is -0.832. The van der Waals surface area contributed by atoms with Crippen LogP contribution in [0.1, 0.15) is 15.9 Å². The van der Waals surface area contributed by atoms with E-state index in [9.17, 15) is 9.18 Å². The summed E-state index contributed by atoms with van der Waals surface area (Å²) in [6.07, 6.45) is 0.0741. The van der Waals surface area contributed by atoms with Gasteiger partial charge in [0.1, 0.15) is 5.82 Å². The SMILES string of the molecule is O=C(Cc1ccc(Br)cc1Cl)c1ccc(Br)cc1F. The lowest BCUT2D eigenvalue weighted by molar-refractivity contribution is 0.0989. The molecule has 98 valence electrons. The molecule has 0 aliphatic rings. The molecular formula is C14H8Br2ClFO. The van der Waals surface area contributed by atoms with Gasteiger partial charge in [-0.15, -0.1) is 0 Å². The number of halogens is 4. The molecule has 0 saturated heterocycles. The minimum atomic E-state index is -0.535. The number of hydrogen-bond acceptors (Lipinski definition) is 1. The smallest absolute Gasteiger partial charge is 0.170 e. The first-order chi connectivity index (χ1) is 8.97. The molecule has 2 aromatic carbocycles. The fourth-order valence-electron chi connectivity index (χ4n) is 1.65. The van der Waals surface area contributed by atoms with Crippen LogP contribution in [0.15, 0.2) is 45.3 Å². The molecule has 0 N–H and O–H groups in total. The number of benzene rings is 2. The quantitative estimate of drug-likeness (QED) is 0.621. The van der Waals surface area contributed by atoms with Crippen LogP contribution in [0, 0.1) is 5.82 Å². The fraction of sp³-hybridized carbons (Fsp3) is 0.0714. The molecule has 0 fully saturated rings. The van der Waals surface area contributed by atoms with E-state index in [1.807, 2.05) is 0 Å². The standard InChI is InChI=1S/C14H8Br2ClFO/c15-9-2-1-8(12(17)6-9)5-14(19)11-4-3-10(16)7-13(11)18/h1-4,6-7H,5H2. The lowest BCUT2D eigenvalue weighted by Crippen LogP contribution is -2.06. The Morgan fingerprint density at radius 2 is 1.74 bits per heavy atom. The minimum Gasteiger partial charge on any atom is -0.294 e. The summed E-state index contributed by atoms with van der Waals surface area (Å²) < 4.78 is 15.1. The van der Waals surface area contributed by atoms with E-state index in [0.717, 1.165) is 4.47 Å². The largest absolute Gasteiger partial charge is 0.294 e. The fourth-order valence-corrected chi connectivity index (χ4v) is 2.72. The molecule has 5 heteroatoms. The van der Waals surface area contributed by atoms with Crippen LogP contribution in [0.25, 0.3) is 0 Å². The molecule has 0 atom stereocenters. The Labute approximate surface area is 132 Å². The maximum atomic E-state index is 13.7. The molecule has 2 rings (SSSR count). The van der Waals surface area contributed by atoms with E-state index in [-0.39, 0.29) is 17.8 Å². The second kappa shape index (κ2) is 6.16. The Bertz CT molecular complexity index is 643. The van der Waals surface area contributed by atoms with E-state index in [4.69, 9.17) is 11.6 Å². The van der Waals surface area contributed by atoms with E-state index in [1.54, 1.807) is 24.3 Å². The third-order valence-electron chi connectivity index (χ3n) is 2.60. The number of Topliss-reactive ketones (excluding diaryl/α,β-unsaturated/α-hetero) is 1. The predicted molar refractivity (Wildman–Crippen MR) is 81.3 cm³/mol. The van der Waals surface area contributed by atoms with Gasteiger partial charge in [0.05, 0.1) is 5.56 Å². The van der Waals surface area contributed by atoms with Crippen molar-refractivity contribution in [3.8, 4) is 0 Å². The summed E-state index contributed by atoms with van der Waals surface area (Å²) in [6.45, 7) is 0. The van der Waals surface area contributed by atoms with E-state index < -0.39 is 5.82 Å². The first-order valence-corrected chi connectivity index (χ1v) is 7.36. The highest BCUT2D eigenvalue weighted by molar-refractivity contribution is 9.10. The zero-order valence-corrected chi connectivity index (χ0v) is 13.5. The molecule has 2 aromatic rings. The number of rotatable bonds is 3. The summed E-state index contributed by atoms with van der Waals surface area (Å²) >= 11 is 12.5. The average Bonchev–Trinajstić information content (AvgIpc) is 2.32. The van der Waals surface area contributed by atoms with Crippen LogP contribution in [0.4, 0.5) is 4.39 Å².